The number of piperidine rings is 3. The standard InChI is InChI=1S/C15H31N.C14H28N2O.C14H29N.C10H22N2.C8H17NO/c1-6-14(15(3,4)5)12-13-8-10-16(7-2)11-9-13;1-14(2,3)10-12-6-8-16(9-7-12)13(17)11-15(4)5;1-6-13(14(2,3)4)11-12-7-9-15(5)10-8-12;1-10(2,3)9-12-7-5-11(4)6-8-12;1-8(2)7-9-3-5-10-6-4-9/h13-14H,6-12H2,1-5H3;12H,6-11H2,1-5H3;12-13H,6-11H2,1-5H3;5-9H2,1-4H3;8H,3-7H2,1-2H3. The summed E-state index contributed by atoms with van der Waals surface area (Å²) >= 11 is 0. The average Bonchev–Trinajstić information content (AvgIpc) is 3.25. The van der Waals surface area contributed by atoms with Crippen LogP contribution in [-0.4, -0.2) is 186 Å². The Morgan fingerprint density at radius 3 is 1.34 bits per heavy atom. The van der Waals surface area contributed by atoms with Crippen molar-refractivity contribution in [3.05, 3.63) is 0 Å². The van der Waals surface area contributed by atoms with Crippen LogP contribution >= 0.6 is 0 Å². The van der Waals surface area contributed by atoms with E-state index in [0.717, 1.165) is 74.9 Å². The number of piperazine rings is 1. The third-order valence-electron chi connectivity index (χ3n) is 16.0. The van der Waals surface area contributed by atoms with Gasteiger partial charge in [0.05, 0.1) is 19.8 Å². The van der Waals surface area contributed by atoms with Gasteiger partial charge in [-0.2, -0.15) is 0 Å². The molecule has 5 heterocycles. The van der Waals surface area contributed by atoms with Crippen molar-refractivity contribution in [1.29, 1.82) is 0 Å². The minimum Gasteiger partial charge on any atom is -0.379 e. The van der Waals surface area contributed by atoms with E-state index in [1.165, 1.54) is 143 Å². The van der Waals surface area contributed by atoms with E-state index in [-0.39, 0.29) is 5.91 Å². The maximum absolute atomic E-state index is 11.9. The van der Waals surface area contributed by atoms with Crippen LogP contribution in [0.4, 0.5) is 0 Å². The van der Waals surface area contributed by atoms with Crippen molar-refractivity contribution in [3.8, 4) is 0 Å². The van der Waals surface area contributed by atoms with Crippen molar-refractivity contribution in [2.45, 2.75) is 188 Å². The van der Waals surface area contributed by atoms with Crippen molar-refractivity contribution < 1.29 is 9.53 Å². The van der Waals surface area contributed by atoms with Gasteiger partial charge in [-0.25, -0.2) is 0 Å². The zero-order chi connectivity index (χ0) is 53.3. The van der Waals surface area contributed by atoms with Crippen molar-refractivity contribution in [2.24, 2.45) is 57.2 Å². The van der Waals surface area contributed by atoms with Crippen molar-refractivity contribution in [2.75, 3.05) is 146 Å². The second kappa shape index (κ2) is 34.0. The first kappa shape index (κ1) is 67.2. The van der Waals surface area contributed by atoms with E-state index < -0.39 is 0 Å². The molecule has 2 atom stereocenters. The molecule has 9 nitrogen and oxygen atoms in total. The van der Waals surface area contributed by atoms with Gasteiger partial charge in [-0.1, -0.05) is 131 Å². The van der Waals surface area contributed by atoms with E-state index in [9.17, 15) is 4.79 Å². The zero-order valence-electron chi connectivity index (χ0n) is 51.4. The van der Waals surface area contributed by atoms with Crippen molar-refractivity contribution in [1.82, 2.24) is 34.3 Å². The van der Waals surface area contributed by atoms with Gasteiger partial charge in [0.1, 0.15) is 0 Å². The summed E-state index contributed by atoms with van der Waals surface area (Å²) in [6.07, 6.45) is 14.9. The first-order chi connectivity index (χ1) is 32.4. The average molecular weight is 991 g/mol. The van der Waals surface area contributed by atoms with Crippen LogP contribution in [0.25, 0.3) is 0 Å². The lowest BCUT2D eigenvalue weighted by atomic mass is 9.73. The maximum atomic E-state index is 11.9. The molecule has 0 aromatic carbocycles. The molecule has 5 aliphatic heterocycles. The molecule has 0 aromatic rings. The summed E-state index contributed by atoms with van der Waals surface area (Å²) in [5, 5.41) is 0. The molecule has 0 N–H and O–H groups in total. The van der Waals surface area contributed by atoms with Gasteiger partial charge < -0.3 is 34.1 Å². The topological polar surface area (TPSA) is 49.0 Å². The number of morpholine rings is 1. The third-order valence-corrected chi connectivity index (χ3v) is 16.0. The smallest absolute Gasteiger partial charge is 0.236 e. The highest BCUT2D eigenvalue weighted by atomic mass is 16.5. The first-order valence-corrected chi connectivity index (χ1v) is 29.5. The van der Waals surface area contributed by atoms with Crippen LogP contribution < -0.4 is 0 Å². The predicted octanol–water partition coefficient (Wildman–Crippen LogP) is 12.4. The molecule has 9 heteroatoms. The number of likely N-dealkylation sites (tertiary alicyclic amines) is 3. The van der Waals surface area contributed by atoms with Crippen LogP contribution in [0.3, 0.4) is 0 Å². The molecule has 418 valence electrons. The number of carbonyl (C=O) groups excluding carboxylic acids is 1. The Labute approximate surface area is 439 Å². The number of nitrogens with zero attached hydrogens (tertiary/aromatic N) is 7. The minimum atomic E-state index is 0.282. The van der Waals surface area contributed by atoms with Crippen LogP contribution in [0.1, 0.15) is 188 Å². The van der Waals surface area contributed by atoms with E-state index in [2.05, 4.69) is 156 Å². The lowest BCUT2D eigenvalue weighted by molar-refractivity contribution is -0.133. The fourth-order valence-electron chi connectivity index (χ4n) is 11.5. The molecule has 70 heavy (non-hydrogen) atoms. The molecular weight excluding hydrogens is 863 g/mol. The highest BCUT2D eigenvalue weighted by Crippen LogP contribution is 2.38. The minimum absolute atomic E-state index is 0.282. The monoisotopic (exact) mass is 990 g/mol. The van der Waals surface area contributed by atoms with E-state index >= 15 is 0 Å². The fraction of sp³-hybridized carbons (Fsp3) is 0.984. The number of rotatable bonds is 13. The number of ether oxygens (including phenoxy) is 1. The van der Waals surface area contributed by atoms with Crippen molar-refractivity contribution in [3.63, 3.8) is 0 Å². The van der Waals surface area contributed by atoms with Crippen LogP contribution in [0.15, 0.2) is 0 Å². The lowest BCUT2D eigenvalue weighted by Crippen LogP contribution is -2.47. The summed E-state index contributed by atoms with van der Waals surface area (Å²) in [6.45, 7) is 60.2. The molecule has 0 aromatic heterocycles. The summed E-state index contributed by atoms with van der Waals surface area (Å²) in [5.41, 5.74) is 1.87. The Kier molecular flexibility index (Phi) is 32.6. The number of likely N-dealkylation sites (N-methyl/N-ethyl adjacent to an activating group) is 2. The van der Waals surface area contributed by atoms with E-state index in [0.29, 0.717) is 28.2 Å². The number of carbonyl (C=O) groups is 1. The van der Waals surface area contributed by atoms with Gasteiger partial charge in [0.15, 0.2) is 0 Å². The summed E-state index contributed by atoms with van der Waals surface area (Å²) in [6, 6.07) is 0. The molecule has 5 saturated heterocycles. The molecule has 0 saturated carbocycles. The van der Waals surface area contributed by atoms with Gasteiger partial charge >= 0.3 is 0 Å². The summed E-state index contributed by atoms with van der Waals surface area (Å²) in [7, 11) is 8.35. The van der Waals surface area contributed by atoms with Gasteiger partial charge in [-0.05, 0) is 176 Å². The van der Waals surface area contributed by atoms with E-state index in [1.54, 1.807) is 0 Å². The molecule has 0 radical (unpaired) electrons. The quantitative estimate of drug-likeness (QED) is 0.181. The Hall–Kier alpha value is -0.810. The first-order valence-electron chi connectivity index (χ1n) is 29.5. The predicted molar refractivity (Wildman–Crippen MR) is 308 cm³/mol. The second-order valence-corrected chi connectivity index (χ2v) is 28.3. The van der Waals surface area contributed by atoms with E-state index in [4.69, 9.17) is 4.74 Å². The molecule has 1 amide bonds. The second-order valence-electron chi connectivity index (χ2n) is 28.3. The van der Waals surface area contributed by atoms with Crippen LogP contribution in [0, 0.1) is 57.2 Å². The van der Waals surface area contributed by atoms with Gasteiger partial charge in [-0.3, -0.25) is 9.69 Å². The molecule has 5 rings (SSSR count). The Bertz CT molecular complexity index is 1270. The summed E-state index contributed by atoms with van der Waals surface area (Å²) in [4.78, 5) is 28.4. The van der Waals surface area contributed by atoms with Gasteiger partial charge in [-0.15, -0.1) is 0 Å². The lowest BCUT2D eigenvalue weighted by Gasteiger charge is -2.37. The molecule has 0 spiro atoms. The highest BCUT2D eigenvalue weighted by molar-refractivity contribution is 5.78. The van der Waals surface area contributed by atoms with Crippen LogP contribution in [0.2, 0.25) is 0 Å². The van der Waals surface area contributed by atoms with Crippen LogP contribution in [-0.2, 0) is 9.53 Å². The van der Waals surface area contributed by atoms with Crippen molar-refractivity contribution >= 4 is 5.91 Å². The summed E-state index contributed by atoms with van der Waals surface area (Å²) < 4.78 is 5.24. The molecule has 0 bridgehead atoms. The normalized spacial score (nSPS) is 21.7. The molecule has 5 fully saturated rings. The summed E-state index contributed by atoms with van der Waals surface area (Å²) in [5.74, 6) is 5.68. The highest BCUT2D eigenvalue weighted by Gasteiger charge is 2.30. The van der Waals surface area contributed by atoms with E-state index in [1.807, 2.05) is 23.9 Å². The van der Waals surface area contributed by atoms with Gasteiger partial charge in [0.2, 0.25) is 5.91 Å². The van der Waals surface area contributed by atoms with Gasteiger partial charge in [0, 0.05) is 65.4 Å². The molecule has 0 aliphatic carbocycles. The Morgan fingerprint density at radius 2 is 0.971 bits per heavy atom. The van der Waals surface area contributed by atoms with Gasteiger partial charge in [0.25, 0.3) is 0 Å². The van der Waals surface area contributed by atoms with Crippen LogP contribution in [0.5, 0.6) is 0 Å². The number of hydrogen-bond donors (Lipinski definition) is 0. The molecule has 5 aliphatic rings. The largest absolute Gasteiger partial charge is 0.379 e. The SMILES string of the molecule is CC(C)CN1CCOCC1.CCC(CC1CCN(C)CC1)C(C)(C)C.CCC(CC1CCN(CC)CC1)C(C)(C)C.CN(C)CC(=O)N1CCC(CC(C)(C)C)CC1.CN1CCN(CC(C)(C)C)CC1. The molecule has 2 unspecified atom stereocenters. The maximum Gasteiger partial charge on any atom is 0.236 e. The molecular formula is C61H127N7O2. The third kappa shape index (κ3) is 32.5. The number of amides is 1. The Balaban J connectivity index is 0.000000442. The zero-order valence-corrected chi connectivity index (χ0v) is 51.4. The fourth-order valence-corrected chi connectivity index (χ4v) is 11.5. The Morgan fingerprint density at radius 1 is 0.543 bits per heavy atom. The number of hydrogen-bond acceptors (Lipinski definition) is 8.